The van der Waals surface area contributed by atoms with E-state index in [1.165, 1.54) is 148 Å². The van der Waals surface area contributed by atoms with Crippen molar-refractivity contribution in [2.45, 2.75) is 322 Å². The molecule has 1 unspecified atom stereocenters. The second kappa shape index (κ2) is 64.9. The van der Waals surface area contributed by atoms with Gasteiger partial charge in [-0.2, -0.15) is 0 Å². The second-order valence-electron chi connectivity index (χ2n) is 21.6. The highest BCUT2D eigenvalue weighted by Gasteiger charge is 2.19. The van der Waals surface area contributed by atoms with Gasteiger partial charge in [-0.1, -0.05) is 279 Å². The smallest absolute Gasteiger partial charge is 0.306 e. The third kappa shape index (κ3) is 63.0. The summed E-state index contributed by atoms with van der Waals surface area (Å²) in [4.78, 5) is 38.3. The van der Waals surface area contributed by atoms with Crippen molar-refractivity contribution < 1.29 is 28.6 Å². The zero-order chi connectivity index (χ0) is 55.7. The Labute approximate surface area is 477 Å². The summed E-state index contributed by atoms with van der Waals surface area (Å²) >= 11 is 0. The van der Waals surface area contributed by atoms with E-state index in [9.17, 15) is 14.4 Å². The van der Waals surface area contributed by atoms with Crippen LogP contribution in [0.25, 0.3) is 0 Å². The van der Waals surface area contributed by atoms with Crippen LogP contribution < -0.4 is 0 Å². The van der Waals surface area contributed by atoms with Gasteiger partial charge in [-0.15, -0.1) is 0 Å². The number of rotatable bonds is 59. The summed E-state index contributed by atoms with van der Waals surface area (Å²) in [6, 6.07) is 0. The Morgan fingerprint density at radius 1 is 0.273 bits per heavy atom. The molecule has 0 aliphatic heterocycles. The molecule has 0 bridgehead atoms. The number of esters is 3. The van der Waals surface area contributed by atoms with E-state index in [0.717, 1.165) is 128 Å². The normalized spacial score (nSPS) is 12.7. The highest BCUT2D eigenvalue weighted by atomic mass is 16.6. The molecule has 0 aromatic heterocycles. The number of hydrogen-bond donors (Lipinski definition) is 0. The molecule has 0 aliphatic rings. The van der Waals surface area contributed by atoms with E-state index in [-0.39, 0.29) is 37.5 Å². The number of carbonyl (C=O) groups is 3. The Bertz CT molecular complexity index is 1510. The van der Waals surface area contributed by atoms with Crippen molar-refractivity contribution in [3.05, 3.63) is 97.2 Å². The van der Waals surface area contributed by atoms with Crippen molar-refractivity contribution in [1.29, 1.82) is 0 Å². The molecule has 1 atom stereocenters. The topological polar surface area (TPSA) is 78.9 Å². The largest absolute Gasteiger partial charge is 0.462 e. The summed E-state index contributed by atoms with van der Waals surface area (Å²) in [6.45, 7) is 6.45. The summed E-state index contributed by atoms with van der Waals surface area (Å²) in [6.07, 6.45) is 87.1. The van der Waals surface area contributed by atoms with Crippen molar-refractivity contribution in [3.63, 3.8) is 0 Å². The van der Waals surface area contributed by atoms with Gasteiger partial charge >= 0.3 is 17.9 Å². The van der Waals surface area contributed by atoms with Crippen molar-refractivity contribution >= 4 is 17.9 Å². The molecule has 0 amide bonds. The van der Waals surface area contributed by atoms with Crippen molar-refractivity contribution in [1.82, 2.24) is 0 Å². The summed E-state index contributed by atoms with van der Waals surface area (Å²) in [5.41, 5.74) is 0. The summed E-state index contributed by atoms with van der Waals surface area (Å²) in [5.74, 6) is -0.933. The maximum atomic E-state index is 12.9. The molecule has 0 saturated heterocycles. The first-order valence-corrected chi connectivity index (χ1v) is 32.7. The summed E-state index contributed by atoms with van der Waals surface area (Å²) in [5, 5.41) is 0. The highest BCUT2D eigenvalue weighted by molar-refractivity contribution is 5.71. The lowest BCUT2D eigenvalue weighted by atomic mass is 10.0. The SMILES string of the molecule is CC/C=C\C/C=C\C/C=C\C/C=C\C/C=C\CCCCCC(=O)OC(COC(=O)CCCCCCC/C=C\C/C=C\CCC)COC(=O)CCCCCCCCCCCCCCCCC/C=C\CCCCCCCCCC. The van der Waals surface area contributed by atoms with E-state index >= 15 is 0 Å². The summed E-state index contributed by atoms with van der Waals surface area (Å²) < 4.78 is 16.9. The van der Waals surface area contributed by atoms with E-state index in [2.05, 4.69) is 118 Å². The van der Waals surface area contributed by atoms with Crippen LogP contribution in [0.1, 0.15) is 316 Å². The Morgan fingerprint density at radius 2 is 0.532 bits per heavy atom. The Hall–Kier alpha value is -3.67. The molecular weight excluding hydrogens is 949 g/mol. The quantitative estimate of drug-likeness (QED) is 0.0261. The molecule has 0 aliphatic carbocycles. The fraction of sp³-hybridized carbons (Fsp3) is 0.732. The van der Waals surface area contributed by atoms with Gasteiger partial charge in [-0.05, 0) is 116 Å². The van der Waals surface area contributed by atoms with Crippen LogP contribution in [0, 0.1) is 0 Å². The van der Waals surface area contributed by atoms with Crippen molar-refractivity contribution in [2.75, 3.05) is 13.2 Å². The van der Waals surface area contributed by atoms with E-state index in [1.807, 2.05) is 0 Å². The zero-order valence-electron chi connectivity index (χ0n) is 50.7. The van der Waals surface area contributed by atoms with Gasteiger partial charge in [0, 0.05) is 19.3 Å². The molecule has 0 radical (unpaired) electrons. The minimum absolute atomic E-state index is 0.0945. The lowest BCUT2D eigenvalue weighted by molar-refractivity contribution is -0.167. The van der Waals surface area contributed by atoms with Crippen LogP contribution in [-0.4, -0.2) is 37.2 Å². The number of carbonyl (C=O) groups excluding carboxylic acids is 3. The first-order chi connectivity index (χ1) is 38.0. The molecule has 442 valence electrons. The Balaban J connectivity index is 4.31. The van der Waals surface area contributed by atoms with Gasteiger partial charge in [-0.25, -0.2) is 0 Å². The molecule has 77 heavy (non-hydrogen) atoms. The monoisotopic (exact) mass is 1070 g/mol. The molecule has 6 nitrogen and oxygen atoms in total. The van der Waals surface area contributed by atoms with Gasteiger partial charge < -0.3 is 14.2 Å². The number of allylic oxidation sites excluding steroid dienone is 16. The van der Waals surface area contributed by atoms with Crippen LogP contribution in [0.3, 0.4) is 0 Å². The second-order valence-corrected chi connectivity index (χ2v) is 21.6. The summed E-state index contributed by atoms with van der Waals surface area (Å²) in [7, 11) is 0. The molecule has 0 heterocycles. The fourth-order valence-corrected chi connectivity index (χ4v) is 9.15. The predicted octanol–water partition coefficient (Wildman–Crippen LogP) is 22.4. The molecular formula is C71H122O6. The molecule has 0 aromatic rings. The van der Waals surface area contributed by atoms with Gasteiger partial charge in [0.15, 0.2) is 6.10 Å². The van der Waals surface area contributed by atoms with Crippen LogP contribution in [0.15, 0.2) is 97.2 Å². The van der Waals surface area contributed by atoms with Gasteiger partial charge in [-0.3, -0.25) is 14.4 Å². The molecule has 0 N–H and O–H groups in total. The third-order valence-corrected chi connectivity index (χ3v) is 14.0. The molecule has 0 spiro atoms. The van der Waals surface area contributed by atoms with Crippen LogP contribution in [-0.2, 0) is 28.6 Å². The Morgan fingerprint density at radius 3 is 0.870 bits per heavy atom. The van der Waals surface area contributed by atoms with E-state index < -0.39 is 6.10 Å². The number of unbranched alkanes of at least 4 members (excludes halogenated alkanes) is 32. The lowest BCUT2D eigenvalue weighted by Crippen LogP contribution is -2.30. The van der Waals surface area contributed by atoms with Crippen LogP contribution in [0.4, 0.5) is 0 Å². The van der Waals surface area contributed by atoms with Gasteiger partial charge in [0.1, 0.15) is 13.2 Å². The number of hydrogen-bond acceptors (Lipinski definition) is 6. The first-order valence-electron chi connectivity index (χ1n) is 32.7. The maximum absolute atomic E-state index is 12.9. The van der Waals surface area contributed by atoms with E-state index in [4.69, 9.17) is 14.2 Å². The highest BCUT2D eigenvalue weighted by Crippen LogP contribution is 2.16. The predicted molar refractivity (Wildman–Crippen MR) is 334 cm³/mol. The van der Waals surface area contributed by atoms with E-state index in [1.54, 1.807) is 0 Å². The minimum atomic E-state index is -0.802. The molecule has 0 saturated carbocycles. The van der Waals surface area contributed by atoms with Gasteiger partial charge in [0.05, 0.1) is 0 Å². The van der Waals surface area contributed by atoms with Gasteiger partial charge in [0.2, 0.25) is 0 Å². The average molecular weight is 1070 g/mol. The maximum Gasteiger partial charge on any atom is 0.306 e. The van der Waals surface area contributed by atoms with Gasteiger partial charge in [0.25, 0.3) is 0 Å². The lowest BCUT2D eigenvalue weighted by Gasteiger charge is -2.18. The fourth-order valence-electron chi connectivity index (χ4n) is 9.15. The van der Waals surface area contributed by atoms with Crippen LogP contribution >= 0.6 is 0 Å². The third-order valence-electron chi connectivity index (χ3n) is 14.0. The zero-order valence-corrected chi connectivity index (χ0v) is 50.7. The Kier molecular flexibility index (Phi) is 61.8. The first kappa shape index (κ1) is 73.3. The van der Waals surface area contributed by atoms with E-state index in [0.29, 0.717) is 12.8 Å². The standard InChI is InChI=1S/C71H122O6/c1-4-7-10-13-16-19-22-25-27-29-31-32-33-34-35-36-37-38-40-41-43-46-49-52-55-58-61-64-70(73)76-67-68(66-75-69(72)63-60-57-54-51-48-45-24-21-18-15-12-9-6-3)77-71(74)65-62-59-56-53-50-47-44-42-39-30-28-26-23-20-17-14-11-8-5-2/h8,11-12,15,17,20-21,24,26,28-29,31,39,42,47,50,68H,4-7,9-10,13-14,16,18-19,22-23,25,27,30,32-38,40-41,43-46,48-49,51-67H2,1-3H3/b11-8-,15-12-,20-17-,24-21-,28-26-,31-29-,42-39-,50-47-. The number of ether oxygens (including phenoxy) is 3. The van der Waals surface area contributed by atoms with Crippen molar-refractivity contribution in [2.24, 2.45) is 0 Å². The average Bonchev–Trinajstić information content (AvgIpc) is 3.43. The molecule has 0 aromatic carbocycles. The molecule has 6 heteroatoms. The molecule has 0 rings (SSSR count). The van der Waals surface area contributed by atoms with Crippen LogP contribution in [0.5, 0.6) is 0 Å². The van der Waals surface area contributed by atoms with Crippen LogP contribution in [0.2, 0.25) is 0 Å². The van der Waals surface area contributed by atoms with Crippen molar-refractivity contribution in [3.8, 4) is 0 Å². The molecule has 0 fully saturated rings. The minimum Gasteiger partial charge on any atom is -0.462 e.